The number of rotatable bonds is 4. The van der Waals surface area contributed by atoms with Crippen molar-refractivity contribution in [2.75, 3.05) is 16.8 Å². The van der Waals surface area contributed by atoms with Crippen LogP contribution in [0.15, 0.2) is 42.5 Å². The Morgan fingerprint density at radius 2 is 1.88 bits per heavy atom. The van der Waals surface area contributed by atoms with Crippen LogP contribution < -0.4 is 10.2 Å². The Balaban J connectivity index is 2.15. The fourth-order valence-corrected chi connectivity index (χ4v) is 2.29. The molecular weight excluding hydrogens is 302 g/mol. The van der Waals surface area contributed by atoms with Crippen LogP contribution in [0.3, 0.4) is 0 Å². The van der Waals surface area contributed by atoms with Crippen LogP contribution in [0.5, 0.6) is 0 Å². The molecular formula is C19H19N3O2. The molecule has 5 nitrogen and oxygen atoms in total. The molecule has 0 aliphatic carbocycles. The van der Waals surface area contributed by atoms with Gasteiger partial charge >= 0.3 is 0 Å². The van der Waals surface area contributed by atoms with E-state index in [4.69, 9.17) is 5.26 Å². The van der Waals surface area contributed by atoms with Gasteiger partial charge in [-0.1, -0.05) is 12.1 Å². The number of nitriles is 1. The summed E-state index contributed by atoms with van der Waals surface area (Å²) in [7, 11) is 0. The third-order valence-electron chi connectivity index (χ3n) is 3.76. The van der Waals surface area contributed by atoms with Gasteiger partial charge in [0.05, 0.1) is 11.6 Å². The number of amides is 2. The van der Waals surface area contributed by atoms with Gasteiger partial charge < -0.3 is 10.2 Å². The second kappa shape index (κ2) is 7.42. The number of hydrogen-bond acceptors (Lipinski definition) is 3. The molecule has 0 atom stereocenters. The van der Waals surface area contributed by atoms with E-state index in [0.717, 1.165) is 11.1 Å². The Bertz CT molecular complexity index is 822. The van der Waals surface area contributed by atoms with Crippen molar-refractivity contribution in [3.05, 3.63) is 59.2 Å². The summed E-state index contributed by atoms with van der Waals surface area (Å²) < 4.78 is 0. The van der Waals surface area contributed by atoms with E-state index >= 15 is 0 Å². The molecule has 0 fully saturated rings. The van der Waals surface area contributed by atoms with Gasteiger partial charge in [-0.25, -0.2) is 0 Å². The fourth-order valence-electron chi connectivity index (χ4n) is 2.29. The highest BCUT2D eigenvalue weighted by molar-refractivity contribution is 6.01. The normalized spacial score (nSPS) is 9.92. The Labute approximate surface area is 141 Å². The summed E-state index contributed by atoms with van der Waals surface area (Å²) >= 11 is 0. The maximum absolute atomic E-state index is 12.3. The van der Waals surface area contributed by atoms with Crippen molar-refractivity contribution < 1.29 is 9.59 Å². The molecule has 0 saturated heterocycles. The lowest BCUT2D eigenvalue weighted by atomic mass is 10.1. The van der Waals surface area contributed by atoms with E-state index in [-0.39, 0.29) is 18.4 Å². The van der Waals surface area contributed by atoms with Gasteiger partial charge in [-0.05, 0) is 55.3 Å². The topological polar surface area (TPSA) is 73.2 Å². The van der Waals surface area contributed by atoms with E-state index in [2.05, 4.69) is 5.32 Å². The van der Waals surface area contributed by atoms with Crippen LogP contribution in [-0.2, 0) is 9.59 Å². The summed E-state index contributed by atoms with van der Waals surface area (Å²) in [6, 6.07) is 14.3. The molecule has 0 heterocycles. The molecule has 0 aromatic heterocycles. The molecule has 0 unspecified atom stereocenters. The average molecular weight is 321 g/mol. The third kappa shape index (κ3) is 4.20. The number of carbonyl (C=O) groups is 2. The number of hydrogen-bond donors (Lipinski definition) is 1. The highest BCUT2D eigenvalue weighted by atomic mass is 16.2. The van der Waals surface area contributed by atoms with E-state index < -0.39 is 0 Å². The first-order valence-corrected chi connectivity index (χ1v) is 7.56. The predicted octanol–water partition coefficient (Wildman–Crippen LogP) is 3.17. The molecule has 0 radical (unpaired) electrons. The summed E-state index contributed by atoms with van der Waals surface area (Å²) in [5.74, 6) is -0.530. The van der Waals surface area contributed by atoms with Crippen molar-refractivity contribution in [2.24, 2.45) is 0 Å². The van der Waals surface area contributed by atoms with Crippen molar-refractivity contribution >= 4 is 23.2 Å². The zero-order chi connectivity index (χ0) is 17.7. The molecule has 2 aromatic carbocycles. The SMILES string of the molecule is CC(=O)N(CC(=O)Nc1cccc(C#N)c1)c1ccc(C)c(C)c1. The highest BCUT2D eigenvalue weighted by Gasteiger charge is 2.16. The van der Waals surface area contributed by atoms with E-state index in [1.165, 1.54) is 11.8 Å². The lowest BCUT2D eigenvalue weighted by Crippen LogP contribution is -2.36. The molecule has 5 heteroatoms. The Hall–Kier alpha value is -3.13. The van der Waals surface area contributed by atoms with E-state index in [1.807, 2.05) is 38.1 Å². The van der Waals surface area contributed by atoms with Crippen LogP contribution in [0.25, 0.3) is 0 Å². The lowest BCUT2D eigenvalue weighted by Gasteiger charge is -2.21. The molecule has 0 aliphatic rings. The van der Waals surface area contributed by atoms with Crippen molar-refractivity contribution in [1.82, 2.24) is 0 Å². The molecule has 0 aliphatic heterocycles. The predicted molar refractivity (Wildman–Crippen MR) is 93.7 cm³/mol. The number of nitrogens with one attached hydrogen (secondary N) is 1. The van der Waals surface area contributed by atoms with E-state index in [1.54, 1.807) is 24.3 Å². The minimum atomic E-state index is -0.321. The first-order chi connectivity index (χ1) is 11.4. The Morgan fingerprint density at radius 3 is 2.50 bits per heavy atom. The number of benzene rings is 2. The monoisotopic (exact) mass is 321 g/mol. The summed E-state index contributed by atoms with van der Waals surface area (Å²) in [5, 5.41) is 11.6. The molecule has 0 saturated carbocycles. The summed E-state index contributed by atoms with van der Waals surface area (Å²) in [6.45, 7) is 5.30. The molecule has 0 bridgehead atoms. The van der Waals surface area contributed by atoms with Gasteiger partial charge in [-0.3, -0.25) is 9.59 Å². The standard InChI is InChI=1S/C19H19N3O2/c1-13-7-8-18(9-14(13)2)22(15(3)23)12-19(24)21-17-6-4-5-16(10-17)11-20/h4-10H,12H2,1-3H3,(H,21,24). The molecule has 0 spiro atoms. The quantitative estimate of drug-likeness (QED) is 0.940. The van der Waals surface area contributed by atoms with Crippen LogP contribution >= 0.6 is 0 Å². The van der Waals surface area contributed by atoms with Gasteiger partial charge in [0.25, 0.3) is 0 Å². The second-order valence-electron chi connectivity index (χ2n) is 5.61. The number of anilines is 2. The van der Waals surface area contributed by atoms with Crippen molar-refractivity contribution in [2.45, 2.75) is 20.8 Å². The first kappa shape index (κ1) is 17.2. The van der Waals surface area contributed by atoms with Crippen molar-refractivity contribution in [3.63, 3.8) is 0 Å². The maximum Gasteiger partial charge on any atom is 0.244 e. The van der Waals surface area contributed by atoms with Crippen LogP contribution in [0.1, 0.15) is 23.6 Å². The zero-order valence-electron chi connectivity index (χ0n) is 14.0. The highest BCUT2D eigenvalue weighted by Crippen LogP contribution is 2.19. The zero-order valence-corrected chi connectivity index (χ0v) is 14.0. The van der Waals surface area contributed by atoms with Gasteiger partial charge in [0.1, 0.15) is 6.54 Å². The molecule has 2 rings (SSSR count). The number of aryl methyl sites for hydroxylation is 2. The Morgan fingerprint density at radius 1 is 1.12 bits per heavy atom. The van der Waals surface area contributed by atoms with E-state index in [9.17, 15) is 9.59 Å². The minimum absolute atomic E-state index is 0.0887. The molecule has 2 aromatic rings. The van der Waals surface area contributed by atoms with Crippen LogP contribution in [0, 0.1) is 25.2 Å². The van der Waals surface area contributed by atoms with Gasteiger partial charge in [0.15, 0.2) is 0 Å². The van der Waals surface area contributed by atoms with Gasteiger partial charge in [0.2, 0.25) is 11.8 Å². The largest absolute Gasteiger partial charge is 0.324 e. The van der Waals surface area contributed by atoms with Crippen molar-refractivity contribution in [3.8, 4) is 6.07 Å². The summed E-state index contributed by atoms with van der Waals surface area (Å²) in [4.78, 5) is 25.6. The molecule has 2 amide bonds. The third-order valence-corrected chi connectivity index (χ3v) is 3.76. The minimum Gasteiger partial charge on any atom is -0.324 e. The summed E-state index contributed by atoms with van der Waals surface area (Å²) in [5.41, 5.74) is 3.86. The van der Waals surface area contributed by atoms with Gasteiger partial charge in [-0.2, -0.15) is 5.26 Å². The Kier molecular flexibility index (Phi) is 5.33. The number of carbonyl (C=O) groups excluding carboxylic acids is 2. The van der Waals surface area contributed by atoms with Crippen LogP contribution in [-0.4, -0.2) is 18.4 Å². The number of nitrogens with zero attached hydrogens (tertiary/aromatic N) is 2. The second-order valence-corrected chi connectivity index (χ2v) is 5.61. The van der Waals surface area contributed by atoms with Crippen LogP contribution in [0.2, 0.25) is 0 Å². The maximum atomic E-state index is 12.3. The summed E-state index contributed by atoms with van der Waals surface area (Å²) in [6.07, 6.45) is 0. The average Bonchev–Trinajstić information content (AvgIpc) is 2.55. The molecule has 24 heavy (non-hydrogen) atoms. The smallest absolute Gasteiger partial charge is 0.244 e. The molecule has 1 N–H and O–H groups in total. The lowest BCUT2D eigenvalue weighted by molar-refractivity contribution is -0.120. The van der Waals surface area contributed by atoms with Gasteiger partial charge in [-0.15, -0.1) is 0 Å². The van der Waals surface area contributed by atoms with Crippen molar-refractivity contribution in [1.29, 1.82) is 5.26 Å². The molecule has 122 valence electrons. The van der Waals surface area contributed by atoms with E-state index in [0.29, 0.717) is 16.9 Å². The fraction of sp³-hybridized carbons (Fsp3) is 0.211. The first-order valence-electron chi connectivity index (χ1n) is 7.56. The van der Waals surface area contributed by atoms with Crippen LogP contribution in [0.4, 0.5) is 11.4 Å². The van der Waals surface area contributed by atoms with Gasteiger partial charge in [0, 0.05) is 18.3 Å².